The van der Waals surface area contributed by atoms with Crippen LogP contribution in [0, 0.1) is 0 Å². The van der Waals surface area contributed by atoms with Crippen molar-refractivity contribution in [1.29, 1.82) is 0 Å². The van der Waals surface area contributed by atoms with E-state index in [9.17, 15) is 24.6 Å². The molecule has 0 radical (unpaired) electrons. The number of benzene rings is 6. The molecule has 9 heteroatoms. The molecule has 0 aromatic heterocycles. The van der Waals surface area contributed by atoms with Crippen LogP contribution >= 0.6 is 0 Å². The predicted octanol–water partition coefficient (Wildman–Crippen LogP) is 8.00. The molecule has 0 atom stereocenters. The average Bonchev–Trinajstić information content (AvgIpc) is 3.71. The molecule has 0 unspecified atom stereocenters. The number of amides is 2. The maximum Gasteiger partial charge on any atom is 0.282 e. The highest BCUT2D eigenvalue weighted by Gasteiger charge is 2.40. The SMILES string of the molecule is O=C(c1ccccc1)c1ccc(N2C(=O)C(=Cc3ccccc3O)N=C2c2ccccc2)c(N2C(=O)C(=Cc3ccccc3O)N=C2c2ccccc2)c1. The number of para-hydroxylation sites is 2. The lowest BCUT2D eigenvalue weighted by atomic mass is 10.0. The van der Waals surface area contributed by atoms with Crippen LogP contribution in [0.2, 0.25) is 0 Å². The Morgan fingerprint density at radius 1 is 0.481 bits per heavy atom. The number of phenols is 2. The summed E-state index contributed by atoms with van der Waals surface area (Å²) in [6.45, 7) is 0. The van der Waals surface area contributed by atoms with Crippen molar-refractivity contribution < 1.29 is 24.6 Å². The monoisotopic (exact) mass is 706 g/mol. The Kier molecular flexibility index (Phi) is 8.79. The van der Waals surface area contributed by atoms with Gasteiger partial charge in [-0.15, -0.1) is 0 Å². The number of rotatable bonds is 8. The van der Waals surface area contributed by atoms with E-state index >= 15 is 0 Å². The summed E-state index contributed by atoms with van der Waals surface area (Å²) in [7, 11) is 0. The molecule has 2 aliphatic heterocycles. The largest absolute Gasteiger partial charge is 0.507 e. The minimum absolute atomic E-state index is 0.0210. The van der Waals surface area contributed by atoms with Gasteiger partial charge in [-0.3, -0.25) is 24.2 Å². The molecule has 6 aromatic carbocycles. The average molecular weight is 707 g/mol. The quantitative estimate of drug-likeness (QED) is 0.123. The fourth-order valence-corrected chi connectivity index (χ4v) is 6.34. The van der Waals surface area contributed by atoms with E-state index in [0.717, 1.165) is 0 Å². The molecule has 2 N–H and O–H groups in total. The number of carbonyl (C=O) groups excluding carboxylic acids is 3. The van der Waals surface area contributed by atoms with Crippen LogP contribution in [0.5, 0.6) is 11.5 Å². The summed E-state index contributed by atoms with van der Waals surface area (Å²) in [5.74, 6) is -0.870. The molecule has 0 saturated heterocycles. The van der Waals surface area contributed by atoms with Crippen LogP contribution in [-0.4, -0.2) is 39.5 Å². The number of anilines is 2. The first-order valence-corrected chi connectivity index (χ1v) is 17.1. The Morgan fingerprint density at radius 3 is 1.39 bits per heavy atom. The van der Waals surface area contributed by atoms with E-state index in [-0.39, 0.29) is 57.3 Å². The number of hydrogen-bond acceptors (Lipinski definition) is 7. The second-order valence-corrected chi connectivity index (χ2v) is 12.5. The second-order valence-electron chi connectivity index (χ2n) is 12.5. The normalized spacial score (nSPS) is 15.6. The molecule has 260 valence electrons. The minimum Gasteiger partial charge on any atom is -0.507 e. The first-order valence-electron chi connectivity index (χ1n) is 17.1. The Hall–Kier alpha value is -7.65. The Labute approximate surface area is 310 Å². The Bertz CT molecular complexity index is 2580. The van der Waals surface area contributed by atoms with Crippen LogP contribution in [-0.2, 0) is 9.59 Å². The lowest BCUT2D eigenvalue weighted by Crippen LogP contribution is -2.38. The van der Waals surface area contributed by atoms with Gasteiger partial charge in [0, 0.05) is 33.4 Å². The summed E-state index contributed by atoms with van der Waals surface area (Å²) in [5.41, 5.74) is 3.26. The number of nitrogens with zero attached hydrogens (tertiary/aromatic N) is 4. The van der Waals surface area contributed by atoms with Crippen molar-refractivity contribution in [3.8, 4) is 11.5 Å². The van der Waals surface area contributed by atoms with E-state index in [4.69, 9.17) is 9.98 Å². The number of ketones is 1. The molecular formula is C45H30N4O5. The van der Waals surface area contributed by atoms with Gasteiger partial charge in [-0.1, -0.05) is 127 Å². The van der Waals surface area contributed by atoms with Gasteiger partial charge in [0.25, 0.3) is 11.8 Å². The standard InChI is InChI=1S/C45H30N4O5/c50-39-22-12-10-20-32(39)26-35-44(53)48(42(46-35)30-16-6-2-7-17-30)37-25-24-34(41(52)29-14-4-1-5-15-29)28-38(37)49-43(31-18-8-3-9-19-31)47-36(45(49)54)27-33-21-11-13-23-40(33)51/h1-28,50-51H. The van der Waals surface area contributed by atoms with Crippen molar-refractivity contribution in [2.75, 3.05) is 9.80 Å². The fourth-order valence-electron chi connectivity index (χ4n) is 6.34. The molecular weight excluding hydrogens is 677 g/mol. The molecule has 8 rings (SSSR count). The molecule has 6 aromatic rings. The Balaban J connectivity index is 1.35. The zero-order valence-electron chi connectivity index (χ0n) is 28.6. The summed E-state index contributed by atoms with van der Waals surface area (Å²) in [5, 5.41) is 21.2. The molecule has 0 aliphatic carbocycles. The van der Waals surface area contributed by atoms with Crippen molar-refractivity contribution in [2.24, 2.45) is 9.98 Å². The summed E-state index contributed by atoms with van der Waals surface area (Å²) >= 11 is 0. The van der Waals surface area contributed by atoms with Gasteiger partial charge >= 0.3 is 0 Å². The summed E-state index contributed by atoms with van der Waals surface area (Å²) < 4.78 is 0. The third kappa shape index (κ3) is 6.26. The van der Waals surface area contributed by atoms with E-state index < -0.39 is 11.8 Å². The highest BCUT2D eigenvalue weighted by atomic mass is 16.3. The molecule has 0 spiro atoms. The second kappa shape index (κ2) is 14.2. The van der Waals surface area contributed by atoms with Crippen LogP contribution in [0.4, 0.5) is 11.4 Å². The first-order chi connectivity index (χ1) is 26.4. The van der Waals surface area contributed by atoms with Crippen LogP contribution in [0.15, 0.2) is 179 Å². The number of carbonyl (C=O) groups is 3. The number of amidine groups is 2. The first kappa shape index (κ1) is 33.5. The summed E-state index contributed by atoms with van der Waals surface area (Å²) in [6, 6.07) is 45.1. The maximum atomic E-state index is 14.7. The number of hydrogen-bond donors (Lipinski definition) is 2. The van der Waals surface area contributed by atoms with Gasteiger partial charge in [-0.25, -0.2) is 9.98 Å². The van der Waals surface area contributed by atoms with Crippen LogP contribution in [0.25, 0.3) is 12.2 Å². The molecule has 9 nitrogen and oxygen atoms in total. The minimum atomic E-state index is -0.544. The predicted molar refractivity (Wildman–Crippen MR) is 209 cm³/mol. The molecule has 0 fully saturated rings. The van der Waals surface area contributed by atoms with Gasteiger partial charge in [0.2, 0.25) is 0 Å². The topological polar surface area (TPSA) is 123 Å². The van der Waals surface area contributed by atoms with Gasteiger partial charge in [-0.05, 0) is 42.5 Å². The summed E-state index contributed by atoms with van der Waals surface area (Å²) in [6.07, 6.45) is 3.02. The van der Waals surface area contributed by atoms with E-state index in [1.165, 1.54) is 34.1 Å². The molecule has 2 aliphatic rings. The lowest BCUT2D eigenvalue weighted by molar-refractivity contribution is -0.114. The third-order valence-electron chi connectivity index (χ3n) is 9.00. The van der Waals surface area contributed by atoms with E-state index in [1.54, 1.807) is 78.9 Å². The lowest BCUT2D eigenvalue weighted by Gasteiger charge is -2.27. The fraction of sp³-hybridized carbons (Fsp3) is 0. The van der Waals surface area contributed by atoms with Gasteiger partial charge in [0.1, 0.15) is 34.6 Å². The number of phenolic OH excluding ortho intramolecular Hbond substituents is 2. The number of aromatic hydroxyl groups is 2. The van der Waals surface area contributed by atoms with Gasteiger partial charge in [0.05, 0.1) is 11.4 Å². The van der Waals surface area contributed by atoms with Gasteiger partial charge in [-0.2, -0.15) is 0 Å². The van der Waals surface area contributed by atoms with Crippen LogP contribution in [0.1, 0.15) is 38.2 Å². The van der Waals surface area contributed by atoms with Crippen molar-refractivity contribution >= 4 is 52.8 Å². The van der Waals surface area contributed by atoms with Crippen LogP contribution < -0.4 is 9.80 Å². The van der Waals surface area contributed by atoms with Crippen molar-refractivity contribution in [1.82, 2.24) is 0 Å². The van der Waals surface area contributed by atoms with Gasteiger partial charge < -0.3 is 10.2 Å². The van der Waals surface area contributed by atoms with Gasteiger partial charge in [0.15, 0.2) is 5.78 Å². The smallest absolute Gasteiger partial charge is 0.282 e. The van der Waals surface area contributed by atoms with Crippen molar-refractivity contribution in [3.63, 3.8) is 0 Å². The number of aliphatic imine (C=N–C) groups is 2. The van der Waals surface area contributed by atoms with Crippen molar-refractivity contribution in [2.45, 2.75) is 0 Å². The zero-order chi connectivity index (χ0) is 37.2. The Morgan fingerprint density at radius 2 is 0.907 bits per heavy atom. The van der Waals surface area contributed by atoms with E-state index in [0.29, 0.717) is 27.8 Å². The van der Waals surface area contributed by atoms with Crippen molar-refractivity contribution in [3.05, 3.63) is 203 Å². The highest BCUT2D eigenvalue weighted by molar-refractivity contribution is 6.38. The highest BCUT2D eigenvalue weighted by Crippen LogP contribution is 2.40. The molecule has 0 bridgehead atoms. The molecule has 54 heavy (non-hydrogen) atoms. The molecule has 2 heterocycles. The molecule has 2 amide bonds. The van der Waals surface area contributed by atoms with E-state index in [2.05, 4.69) is 0 Å². The third-order valence-corrected chi connectivity index (χ3v) is 9.00. The summed E-state index contributed by atoms with van der Waals surface area (Å²) in [4.78, 5) is 55.6. The maximum absolute atomic E-state index is 14.7. The molecule has 0 saturated carbocycles. The van der Waals surface area contributed by atoms with Crippen LogP contribution in [0.3, 0.4) is 0 Å². The van der Waals surface area contributed by atoms with E-state index in [1.807, 2.05) is 66.7 Å². The zero-order valence-corrected chi connectivity index (χ0v) is 28.6.